The van der Waals surface area contributed by atoms with Gasteiger partial charge in [-0.15, -0.1) is 0 Å². The first-order valence-electron chi connectivity index (χ1n) is 9.53. The Balaban J connectivity index is 1.41. The van der Waals surface area contributed by atoms with Gasteiger partial charge in [-0.1, -0.05) is 6.07 Å². The summed E-state index contributed by atoms with van der Waals surface area (Å²) >= 11 is 0. The van der Waals surface area contributed by atoms with E-state index >= 15 is 0 Å². The van der Waals surface area contributed by atoms with Crippen LogP contribution in [-0.4, -0.2) is 29.9 Å². The number of hydrogen-bond acceptors (Lipinski definition) is 6. The average Bonchev–Trinajstić information content (AvgIpc) is 2.83. The fourth-order valence-corrected chi connectivity index (χ4v) is 3.56. The zero-order chi connectivity index (χ0) is 19.9. The number of fused-ring (bicyclic) bond motifs is 3. The second kappa shape index (κ2) is 6.63. The molecule has 0 N–H and O–H groups in total. The van der Waals surface area contributed by atoms with E-state index in [9.17, 15) is 0 Å². The fraction of sp³-hybridized carbons (Fsp3) is 0. The summed E-state index contributed by atoms with van der Waals surface area (Å²) < 4.78 is 0. The summed E-state index contributed by atoms with van der Waals surface area (Å²) in [4.78, 5) is 26.9. The Morgan fingerprint density at radius 3 is 2.17 bits per heavy atom. The van der Waals surface area contributed by atoms with Crippen LogP contribution in [0.4, 0.5) is 0 Å². The van der Waals surface area contributed by atoms with Crippen LogP contribution in [0.5, 0.6) is 0 Å². The van der Waals surface area contributed by atoms with Crippen LogP contribution in [0.25, 0.3) is 55.5 Å². The number of hydrogen-bond donors (Lipinski definition) is 0. The third-order valence-corrected chi connectivity index (χ3v) is 5.09. The number of pyridine rings is 4. The second-order valence-corrected chi connectivity index (χ2v) is 6.99. The highest BCUT2D eigenvalue weighted by Gasteiger charge is 2.07. The van der Waals surface area contributed by atoms with E-state index in [0.717, 1.165) is 49.8 Å². The molecule has 0 fully saturated rings. The van der Waals surface area contributed by atoms with Crippen LogP contribution >= 0.6 is 0 Å². The molecule has 0 saturated carbocycles. The lowest BCUT2D eigenvalue weighted by atomic mass is 10.1. The van der Waals surface area contributed by atoms with Crippen molar-refractivity contribution in [3.05, 3.63) is 85.6 Å². The van der Waals surface area contributed by atoms with Crippen molar-refractivity contribution in [3.8, 4) is 22.4 Å². The topological polar surface area (TPSA) is 77.3 Å². The monoisotopic (exact) mass is 386 g/mol. The molecular weight excluding hydrogens is 372 g/mol. The molecule has 6 nitrogen and oxygen atoms in total. The van der Waals surface area contributed by atoms with Gasteiger partial charge < -0.3 is 0 Å². The minimum absolute atomic E-state index is 0.697. The Hall–Kier alpha value is -4.32. The maximum absolute atomic E-state index is 4.75. The second-order valence-electron chi connectivity index (χ2n) is 6.99. The van der Waals surface area contributed by atoms with E-state index in [2.05, 4.69) is 31.0 Å². The van der Waals surface area contributed by atoms with Crippen molar-refractivity contribution in [1.82, 2.24) is 29.9 Å². The zero-order valence-electron chi connectivity index (χ0n) is 15.8. The van der Waals surface area contributed by atoms with Gasteiger partial charge in [0, 0.05) is 53.1 Å². The lowest BCUT2D eigenvalue weighted by Crippen LogP contribution is -1.91. The van der Waals surface area contributed by atoms with E-state index < -0.39 is 0 Å². The average molecular weight is 386 g/mol. The number of benzene rings is 1. The van der Waals surface area contributed by atoms with Crippen LogP contribution in [-0.2, 0) is 0 Å². The Morgan fingerprint density at radius 2 is 1.23 bits per heavy atom. The van der Waals surface area contributed by atoms with E-state index in [4.69, 9.17) is 4.98 Å². The predicted molar refractivity (Wildman–Crippen MR) is 117 cm³/mol. The molecule has 0 aliphatic heterocycles. The molecule has 0 radical (unpaired) electrons. The van der Waals surface area contributed by atoms with Gasteiger partial charge in [0.1, 0.15) is 0 Å². The summed E-state index contributed by atoms with van der Waals surface area (Å²) in [7, 11) is 0. The van der Waals surface area contributed by atoms with Crippen LogP contribution < -0.4 is 0 Å². The molecule has 0 atom stereocenters. The van der Waals surface area contributed by atoms with Crippen molar-refractivity contribution in [1.29, 1.82) is 0 Å². The number of aromatic nitrogens is 6. The molecular formula is C24H14N6. The maximum atomic E-state index is 4.75. The van der Waals surface area contributed by atoms with Crippen molar-refractivity contribution in [2.24, 2.45) is 0 Å². The summed E-state index contributed by atoms with van der Waals surface area (Å²) in [6.07, 6.45) is 8.84. The van der Waals surface area contributed by atoms with Crippen LogP contribution in [0.2, 0.25) is 0 Å². The van der Waals surface area contributed by atoms with E-state index in [1.165, 1.54) is 0 Å². The lowest BCUT2D eigenvalue weighted by molar-refractivity contribution is 1.27. The summed E-state index contributed by atoms with van der Waals surface area (Å²) in [5, 5.41) is 0.970. The van der Waals surface area contributed by atoms with Gasteiger partial charge in [-0.3, -0.25) is 19.9 Å². The summed E-state index contributed by atoms with van der Waals surface area (Å²) in [5.74, 6) is 0. The highest BCUT2D eigenvalue weighted by molar-refractivity contribution is 5.86. The van der Waals surface area contributed by atoms with Gasteiger partial charge in [0.25, 0.3) is 0 Å². The molecule has 6 aromatic rings. The molecule has 1 aromatic carbocycles. The molecule has 0 saturated heterocycles. The molecule has 0 spiro atoms. The Morgan fingerprint density at radius 1 is 0.500 bits per heavy atom. The van der Waals surface area contributed by atoms with Crippen LogP contribution in [0, 0.1) is 0 Å². The standard InChI is InChI=1S/C24H14N6/c1-2-20-23(25-7-1)12-18(13-28-20)17-10-16-4-5-19(30-24(16)29-14-17)15-3-6-21-22(11-15)27-9-8-26-21/h1-14H. The molecule has 0 unspecified atom stereocenters. The molecule has 5 aromatic heterocycles. The molecule has 30 heavy (non-hydrogen) atoms. The third-order valence-electron chi connectivity index (χ3n) is 5.09. The van der Waals surface area contributed by atoms with Crippen LogP contribution in [0.1, 0.15) is 0 Å². The smallest absolute Gasteiger partial charge is 0.159 e. The normalized spacial score (nSPS) is 11.3. The minimum Gasteiger partial charge on any atom is -0.255 e. The summed E-state index contributed by atoms with van der Waals surface area (Å²) in [6.45, 7) is 0. The number of rotatable bonds is 2. The molecule has 140 valence electrons. The van der Waals surface area contributed by atoms with Gasteiger partial charge in [-0.2, -0.15) is 0 Å². The molecule has 5 heterocycles. The zero-order valence-corrected chi connectivity index (χ0v) is 15.8. The van der Waals surface area contributed by atoms with Gasteiger partial charge in [0.15, 0.2) is 5.65 Å². The van der Waals surface area contributed by atoms with Gasteiger partial charge in [-0.25, -0.2) is 9.97 Å². The van der Waals surface area contributed by atoms with Crippen molar-refractivity contribution >= 4 is 33.1 Å². The van der Waals surface area contributed by atoms with Crippen LogP contribution in [0.3, 0.4) is 0 Å². The predicted octanol–water partition coefficient (Wildman–Crippen LogP) is 4.85. The van der Waals surface area contributed by atoms with E-state index in [0.29, 0.717) is 5.65 Å². The Bertz CT molecular complexity index is 1440. The first kappa shape index (κ1) is 16.6. The first-order valence-corrected chi connectivity index (χ1v) is 9.53. The van der Waals surface area contributed by atoms with E-state index in [1.54, 1.807) is 18.6 Å². The molecule has 0 bridgehead atoms. The highest BCUT2D eigenvalue weighted by Crippen LogP contribution is 2.26. The third kappa shape index (κ3) is 2.82. The first-order chi connectivity index (χ1) is 14.8. The largest absolute Gasteiger partial charge is 0.255 e. The van der Waals surface area contributed by atoms with Crippen molar-refractivity contribution in [2.45, 2.75) is 0 Å². The van der Waals surface area contributed by atoms with Gasteiger partial charge in [0.05, 0.1) is 27.8 Å². The Kier molecular flexibility index (Phi) is 3.67. The minimum atomic E-state index is 0.697. The van der Waals surface area contributed by atoms with Crippen LogP contribution in [0.15, 0.2) is 85.6 Å². The van der Waals surface area contributed by atoms with Gasteiger partial charge in [-0.05, 0) is 48.5 Å². The lowest BCUT2D eigenvalue weighted by Gasteiger charge is -2.06. The van der Waals surface area contributed by atoms with Gasteiger partial charge in [0.2, 0.25) is 0 Å². The van der Waals surface area contributed by atoms with E-state index in [1.807, 2.05) is 60.9 Å². The summed E-state index contributed by atoms with van der Waals surface area (Å²) in [5.41, 5.74) is 7.95. The Labute approximate surface area is 171 Å². The molecule has 0 aliphatic rings. The van der Waals surface area contributed by atoms with E-state index in [-0.39, 0.29) is 0 Å². The van der Waals surface area contributed by atoms with Crippen molar-refractivity contribution in [3.63, 3.8) is 0 Å². The number of nitrogens with zero attached hydrogens (tertiary/aromatic N) is 6. The van der Waals surface area contributed by atoms with Gasteiger partial charge >= 0.3 is 0 Å². The highest BCUT2D eigenvalue weighted by atomic mass is 14.8. The molecule has 6 rings (SSSR count). The van der Waals surface area contributed by atoms with Crippen molar-refractivity contribution in [2.75, 3.05) is 0 Å². The summed E-state index contributed by atoms with van der Waals surface area (Å²) in [6, 6.07) is 18.0. The fourth-order valence-electron chi connectivity index (χ4n) is 3.56. The molecule has 0 amide bonds. The SMILES string of the molecule is c1cnc2cc(-c3cnc4nc(-c5ccc6nccnc6c5)ccc4c3)cnc2c1. The molecule has 0 aliphatic carbocycles. The maximum Gasteiger partial charge on any atom is 0.159 e. The van der Waals surface area contributed by atoms with Crippen molar-refractivity contribution < 1.29 is 0 Å². The molecule has 6 heteroatoms. The quantitative estimate of drug-likeness (QED) is 0.423.